The molecular formula is C15H20N4O. The summed E-state index contributed by atoms with van der Waals surface area (Å²) in [6.45, 7) is 2.28. The molecule has 106 valence electrons. The van der Waals surface area contributed by atoms with Gasteiger partial charge in [-0.15, -0.1) is 0 Å². The van der Waals surface area contributed by atoms with Crippen molar-refractivity contribution in [3.8, 4) is 0 Å². The van der Waals surface area contributed by atoms with Gasteiger partial charge in [0.2, 0.25) is 5.89 Å². The number of hydrogen-bond donors (Lipinski definition) is 1. The fourth-order valence-corrected chi connectivity index (χ4v) is 2.64. The molecular weight excluding hydrogens is 252 g/mol. The van der Waals surface area contributed by atoms with Crippen LogP contribution in [0.25, 0.3) is 0 Å². The Kier molecular flexibility index (Phi) is 4.38. The first kappa shape index (κ1) is 13.2. The molecule has 2 aromatic rings. The lowest BCUT2D eigenvalue weighted by Gasteiger charge is -2.21. The molecule has 0 aromatic carbocycles. The van der Waals surface area contributed by atoms with Crippen LogP contribution < -0.4 is 5.32 Å². The first-order chi connectivity index (χ1) is 9.90. The van der Waals surface area contributed by atoms with Gasteiger partial charge < -0.3 is 9.84 Å². The van der Waals surface area contributed by atoms with Gasteiger partial charge >= 0.3 is 0 Å². The number of aryl methyl sites for hydroxylation is 1. The lowest BCUT2D eigenvalue weighted by molar-refractivity contribution is 0.326. The molecule has 0 spiro atoms. The van der Waals surface area contributed by atoms with Gasteiger partial charge in [0.05, 0.1) is 0 Å². The minimum absolute atomic E-state index is 0.705. The molecule has 1 N–H and O–H groups in total. The molecule has 2 aromatic heterocycles. The minimum Gasteiger partial charge on any atom is -0.339 e. The van der Waals surface area contributed by atoms with Crippen LogP contribution in [-0.2, 0) is 12.8 Å². The molecule has 0 radical (unpaired) electrons. The van der Waals surface area contributed by atoms with Crippen LogP contribution in [0.5, 0.6) is 0 Å². The van der Waals surface area contributed by atoms with Crippen molar-refractivity contribution in [2.45, 2.75) is 32.1 Å². The number of piperidine rings is 1. The predicted molar refractivity (Wildman–Crippen MR) is 75.3 cm³/mol. The second kappa shape index (κ2) is 6.61. The van der Waals surface area contributed by atoms with Crippen LogP contribution in [-0.4, -0.2) is 28.2 Å². The summed E-state index contributed by atoms with van der Waals surface area (Å²) in [6, 6.07) is 3.95. The molecule has 20 heavy (non-hydrogen) atoms. The third-order valence-electron chi connectivity index (χ3n) is 3.79. The molecule has 3 rings (SSSR count). The van der Waals surface area contributed by atoms with E-state index in [0.29, 0.717) is 6.42 Å². The van der Waals surface area contributed by atoms with Crippen molar-refractivity contribution in [2.75, 3.05) is 13.1 Å². The van der Waals surface area contributed by atoms with Gasteiger partial charge in [-0.25, -0.2) is 0 Å². The molecule has 0 bridgehead atoms. The van der Waals surface area contributed by atoms with Gasteiger partial charge in [0.25, 0.3) is 0 Å². The first-order valence-corrected chi connectivity index (χ1v) is 7.31. The van der Waals surface area contributed by atoms with Gasteiger partial charge in [0.15, 0.2) is 5.82 Å². The van der Waals surface area contributed by atoms with Crippen molar-refractivity contribution in [3.63, 3.8) is 0 Å². The molecule has 1 aliphatic rings. The molecule has 1 atom stereocenters. The van der Waals surface area contributed by atoms with Crippen molar-refractivity contribution in [3.05, 3.63) is 41.8 Å². The van der Waals surface area contributed by atoms with E-state index in [0.717, 1.165) is 49.1 Å². The van der Waals surface area contributed by atoms with Crippen LogP contribution in [0.2, 0.25) is 0 Å². The maximum Gasteiger partial charge on any atom is 0.226 e. The lowest BCUT2D eigenvalue weighted by Crippen LogP contribution is -2.29. The van der Waals surface area contributed by atoms with Gasteiger partial charge in [0, 0.05) is 25.2 Å². The highest BCUT2D eigenvalue weighted by atomic mass is 16.5. The van der Waals surface area contributed by atoms with E-state index in [4.69, 9.17) is 4.52 Å². The number of rotatable bonds is 5. The number of pyridine rings is 1. The predicted octanol–water partition coefficient (Wildman–Crippen LogP) is 1.99. The Labute approximate surface area is 118 Å². The van der Waals surface area contributed by atoms with Crippen LogP contribution in [0.4, 0.5) is 0 Å². The summed E-state index contributed by atoms with van der Waals surface area (Å²) >= 11 is 0. The number of nitrogens with one attached hydrogen (secondary N) is 1. The highest BCUT2D eigenvalue weighted by molar-refractivity contribution is 5.14. The van der Waals surface area contributed by atoms with E-state index in [-0.39, 0.29) is 0 Å². The van der Waals surface area contributed by atoms with E-state index in [2.05, 4.69) is 20.4 Å². The third kappa shape index (κ3) is 3.63. The van der Waals surface area contributed by atoms with Crippen LogP contribution in [0, 0.1) is 5.92 Å². The summed E-state index contributed by atoms with van der Waals surface area (Å²) in [6.07, 6.45) is 8.88. The lowest BCUT2D eigenvalue weighted by atomic mass is 9.95. The number of aromatic nitrogens is 3. The Balaban J connectivity index is 1.51. The Morgan fingerprint density at radius 1 is 1.30 bits per heavy atom. The van der Waals surface area contributed by atoms with Gasteiger partial charge in [0.1, 0.15) is 0 Å². The Bertz CT molecular complexity index is 520. The molecule has 3 heterocycles. The second-order valence-corrected chi connectivity index (χ2v) is 5.39. The smallest absolute Gasteiger partial charge is 0.226 e. The molecule has 5 nitrogen and oxygen atoms in total. The van der Waals surface area contributed by atoms with Crippen LogP contribution in [0.1, 0.15) is 36.5 Å². The normalized spacial score (nSPS) is 19.1. The summed E-state index contributed by atoms with van der Waals surface area (Å²) in [4.78, 5) is 8.47. The zero-order valence-electron chi connectivity index (χ0n) is 11.6. The van der Waals surface area contributed by atoms with Crippen molar-refractivity contribution < 1.29 is 4.52 Å². The molecule has 0 saturated carbocycles. The van der Waals surface area contributed by atoms with Gasteiger partial charge in [-0.1, -0.05) is 5.16 Å². The standard InChI is InChI=1S/C15H20N4O/c1-2-13(11-17-7-1)3-4-15-18-14(19-20-15)10-12-5-8-16-9-6-12/h5-6,8-9,13,17H,1-4,7,10-11H2. The molecule has 0 aliphatic carbocycles. The average Bonchev–Trinajstić information content (AvgIpc) is 2.95. The highest BCUT2D eigenvalue weighted by Crippen LogP contribution is 2.16. The van der Waals surface area contributed by atoms with E-state index >= 15 is 0 Å². The second-order valence-electron chi connectivity index (χ2n) is 5.39. The minimum atomic E-state index is 0.705. The van der Waals surface area contributed by atoms with Crippen molar-refractivity contribution in [1.82, 2.24) is 20.4 Å². The molecule has 1 unspecified atom stereocenters. The molecule has 1 fully saturated rings. The summed E-state index contributed by atoms with van der Waals surface area (Å²) < 4.78 is 5.33. The summed E-state index contributed by atoms with van der Waals surface area (Å²) in [7, 11) is 0. The van der Waals surface area contributed by atoms with Crippen molar-refractivity contribution >= 4 is 0 Å². The van der Waals surface area contributed by atoms with Crippen LogP contribution in [0.15, 0.2) is 29.0 Å². The Hall–Kier alpha value is -1.75. The van der Waals surface area contributed by atoms with E-state index in [9.17, 15) is 0 Å². The highest BCUT2D eigenvalue weighted by Gasteiger charge is 2.15. The largest absolute Gasteiger partial charge is 0.339 e. The summed E-state index contributed by atoms with van der Waals surface area (Å²) in [5, 5.41) is 7.49. The van der Waals surface area contributed by atoms with Crippen LogP contribution >= 0.6 is 0 Å². The molecule has 1 saturated heterocycles. The third-order valence-corrected chi connectivity index (χ3v) is 3.79. The van der Waals surface area contributed by atoms with Gasteiger partial charge in [-0.3, -0.25) is 4.98 Å². The summed E-state index contributed by atoms with van der Waals surface area (Å²) in [5.74, 6) is 2.27. The van der Waals surface area contributed by atoms with E-state index in [1.54, 1.807) is 12.4 Å². The van der Waals surface area contributed by atoms with Crippen molar-refractivity contribution in [2.24, 2.45) is 5.92 Å². The maximum absolute atomic E-state index is 5.33. The first-order valence-electron chi connectivity index (χ1n) is 7.31. The fraction of sp³-hybridized carbons (Fsp3) is 0.533. The van der Waals surface area contributed by atoms with E-state index in [1.165, 1.54) is 12.8 Å². The number of nitrogens with zero attached hydrogens (tertiary/aromatic N) is 3. The fourth-order valence-electron chi connectivity index (χ4n) is 2.64. The quantitative estimate of drug-likeness (QED) is 0.901. The zero-order valence-corrected chi connectivity index (χ0v) is 11.6. The Morgan fingerprint density at radius 2 is 2.20 bits per heavy atom. The topological polar surface area (TPSA) is 63.8 Å². The Morgan fingerprint density at radius 3 is 3.00 bits per heavy atom. The molecule has 5 heteroatoms. The maximum atomic E-state index is 5.33. The van der Waals surface area contributed by atoms with E-state index < -0.39 is 0 Å². The number of hydrogen-bond acceptors (Lipinski definition) is 5. The molecule has 0 amide bonds. The summed E-state index contributed by atoms with van der Waals surface area (Å²) in [5.41, 5.74) is 1.16. The monoisotopic (exact) mass is 272 g/mol. The average molecular weight is 272 g/mol. The zero-order chi connectivity index (χ0) is 13.6. The van der Waals surface area contributed by atoms with Crippen molar-refractivity contribution in [1.29, 1.82) is 0 Å². The van der Waals surface area contributed by atoms with Gasteiger partial charge in [-0.2, -0.15) is 4.98 Å². The SMILES string of the molecule is c1cc(Cc2noc(CCC3CCCNC3)n2)ccn1. The van der Waals surface area contributed by atoms with E-state index in [1.807, 2.05) is 12.1 Å². The van der Waals surface area contributed by atoms with Gasteiger partial charge in [-0.05, 0) is 56.0 Å². The molecule has 1 aliphatic heterocycles. The van der Waals surface area contributed by atoms with Crippen LogP contribution in [0.3, 0.4) is 0 Å².